The molecule has 1 aliphatic heterocycles. The molecule has 0 bridgehead atoms. The summed E-state index contributed by atoms with van der Waals surface area (Å²) in [5, 5.41) is 3.06. The van der Waals surface area contributed by atoms with Gasteiger partial charge in [0.15, 0.2) is 0 Å². The Labute approximate surface area is 97.8 Å². The number of hydrogen-bond acceptors (Lipinski definition) is 2. The second-order valence-corrected chi connectivity index (χ2v) is 4.05. The van der Waals surface area contributed by atoms with Crippen LogP contribution in [0.4, 0.5) is 13.2 Å². The number of para-hydroxylation sites is 1. The Hall–Kier alpha value is -1.23. The van der Waals surface area contributed by atoms with Crippen molar-refractivity contribution >= 4 is 0 Å². The second kappa shape index (κ2) is 4.96. The Morgan fingerprint density at radius 3 is 2.59 bits per heavy atom. The molecule has 1 N–H and O–H groups in total. The fraction of sp³-hybridized carbons (Fsp3) is 0.500. The average Bonchev–Trinajstić information content (AvgIpc) is 2.30. The van der Waals surface area contributed by atoms with E-state index in [2.05, 4.69) is 5.32 Å². The van der Waals surface area contributed by atoms with Gasteiger partial charge in [-0.1, -0.05) is 12.1 Å². The summed E-state index contributed by atoms with van der Waals surface area (Å²) in [5.74, 6) is -0.0978. The van der Waals surface area contributed by atoms with Gasteiger partial charge in [-0.25, -0.2) is 0 Å². The van der Waals surface area contributed by atoms with Crippen LogP contribution in [0.15, 0.2) is 24.3 Å². The normalized spacial score (nSPS) is 21.2. The topological polar surface area (TPSA) is 21.3 Å². The third-order valence-corrected chi connectivity index (χ3v) is 2.73. The van der Waals surface area contributed by atoms with Crippen LogP contribution in [0, 0.1) is 0 Å². The van der Waals surface area contributed by atoms with Crippen molar-refractivity contribution in [3.05, 3.63) is 29.8 Å². The fourth-order valence-corrected chi connectivity index (χ4v) is 1.88. The predicted octanol–water partition coefficient (Wildman–Crippen LogP) is 3.18. The Kier molecular flexibility index (Phi) is 3.57. The number of alkyl halides is 3. The molecular formula is C12H14F3NO. The number of rotatable bonds is 2. The molecule has 1 unspecified atom stereocenters. The molecule has 5 heteroatoms. The van der Waals surface area contributed by atoms with Crippen LogP contribution >= 0.6 is 0 Å². The van der Waals surface area contributed by atoms with Gasteiger partial charge >= 0.3 is 6.18 Å². The van der Waals surface area contributed by atoms with Crippen molar-refractivity contribution in [3.8, 4) is 5.75 Å². The van der Waals surface area contributed by atoms with Crippen LogP contribution in [0.1, 0.15) is 24.8 Å². The van der Waals surface area contributed by atoms with E-state index in [1.165, 1.54) is 12.1 Å². The van der Waals surface area contributed by atoms with Crippen LogP contribution in [-0.2, 0) is 6.18 Å². The minimum atomic E-state index is -4.37. The van der Waals surface area contributed by atoms with Crippen LogP contribution in [0.3, 0.4) is 0 Å². The molecule has 1 saturated heterocycles. The lowest BCUT2D eigenvalue weighted by atomic mass is 10.1. The lowest BCUT2D eigenvalue weighted by Gasteiger charge is -2.25. The predicted molar refractivity (Wildman–Crippen MR) is 57.7 cm³/mol. The summed E-state index contributed by atoms with van der Waals surface area (Å²) in [6, 6.07) is 5.31. The highest BCUT2D eigenvalue weighted by Crippen LogP contribution is 2.36. The monoisotopic (exact) mass is 245 g/mol. The zero-order chi connectivity index (χ0) is 12.3. The molecule has 0 saturated carbocycles. The minimum Gasteiger partial charge on any atom is -0.475 e. The molecule has 0 spiro atoms. The Morgan fingerprint density at radius 2 is 1.94 bits per heavy atom. The summed E-state index contributed by atoms with van der Waals surface area (Å²) in [5.41, 5.74) is -0.715. The van der Waals surface area contributed by atoms with Crippen molar-refractivity contribution in [3.63, 3.8) is 0 Å². The van der Waals surface area contributed by atoms with Crippen LogP contribution in [0.5, 0.6) is 5.75 Å². The van der Waals surface area contributed by atoms with E-state index in [0.29, 0.717) is 0 Å². The molecule has 0 radical (unpaired) electrons. The number of hydrogen-bond donors (Lipinski definition) is 1. The van der Waals surface area contributed by atoms with Crippen LogP contribution in [0.25, 0.3) is 0 Å². The summed E-state index contributed by atoms with van der Waals surface area (Å²) >= 11 is 0. The molecule has 1 aliphatic rings. The molecule has 0 aromatic heterocycles. The maximum absolute atomic E-state index is 12.7. The smallest absolute Gasteiger partial charge is 0.419 e. The van der Waals surface area contributed by atoms with Gasteiger partial charge in [-0.15, -0.1) is 0 Å². The Bertz CT molecular complexity index is 372. The van der Waals surface area contributed by atoms with Gasteiger partial charge in [0.2, 0.25) is 0 Å². The number of benzene rings is 1. The first-order valence-electron chi connectivity index (χ1n) is 5.63. The summed E-state index contributed by atoms with van der Waals surface area (Å²) in [6.45, 7) is 0.791. The van der Waals surface area contributed by atoms with Crippen molar-refractivity contribution in [1.29, 1.82) is 0 Å². The first-order valence-corrected chi connectivity index (χ1v) is 5.63. The molecule has 1 heterocycles. The third-order valence-electron chi connectivity index (χ3n) is 2.73. The molecule has 1 aromatic carbocycles. The molecule has 1 aromatic rings. The lowest BCUT2D eigenvalue weighted by Crippen LogP contribution is -2.38. The number of piperidine rings is 1. The van der Waals surface area contributed by atoms with Crippen molar-refractivity contribution < 1.29 is 17.9 Å². The third kappa shape index (κ3) is 3.12. The quantitative estimate of drug-likeness (QED) is 0.864. The maximum atomic E-state index is 12.7. The van der Waals surface area contributed by atoms with Gasteiger partial charge in [-0.05, 0) is 37.9 Å². The molecule has 2 nitrogen and oxygen atoms in total. The van der Waals surface area contributed by atoms with Gasteiger partial charge in [0.05, 0.1) is 5.56 Å². The number of ether oxygens (including phenoxy) is 1. The first kappa shape index (κ1) is 12.2. The molecule has 1 fully saturated rings. The average molecular weight is 245 g/mol. The van der Waals surface area contributed by atoms with E-state index in [4.69, 9.17) is 4.74 Å². The minimum absolute atomic E-state index is 0.0978. The summed E-state index contributed by atoms with van der Waals surface area (Å²) in [4.78, 5) is 0. The van der Waals surface area contributed by atoms with Gasteiger partial charge < -0.3 is 4.74 Å². The van der Waals surface area contributed by atoms with E-state index in [-0.39, 0.29) is 12.0 Å². The largest absolute Gasteiger partial charge is 0.475 e. The molecule has 0 aliphatic carbocycles. The summed E-state index contributed by atoms with van der Waals surface area (Å²) < 4.78 is 43.5. The SMILES string of the molecule is FC(F)(F)c1ccccc1OC1CCCCN1. The number of nitrogens with one attached hydrogen (secondary N) is 1. The van der Waals surface area contributed by atoms with Gasteiger partial charge in [-0.2, -0.15) is 13.2 Å². The second-order valence-electron chi connectivity index (χ2n) is 4.05. The lowest BCUT2D eigenvalue weighted by molar-refractivity contribution is -0.139. The summed E-state index contributed by atoms with van der Waals surface area (Å²) in [6.07, 6.45) is -1.92. The highest BCUT2D eigenvalue weighted by molar-refractivity contribution is 5.35. The fourth-order valence-electron chi connectivity index (χ4n) is 1.88. The van der Waals surface area contributed by atoms with Gasteiger partial charge in [0.1, 0.15) is 12.0 Å². The highest BCUT2D eigenvalue weighted by atomic mass is 19.4. The molecule has 1 atom stereocenters. The first-order chi connectivity index (χ1) is 8.07. The van der Waals surface area contributed by atoms with Crippen LogP contribution < -0.4 is 10.1 Å². The van der Waals surface area contributed by atoms with E-state index in [1.807, 2.05) is 0 Å². The molecule has 2 rings (SSSR count). The van der Waals surface area contributed by atoms with Gasteiger partial charge in [0.25, 0.3) is 0 Å². The van der Waals surface area contributed by atoms with Crippen LogP contribution in [-0.4, -0.2) is 12.8 Å². The number of halogens is 3. The van der Waals surface area contributed by atoms with Crippen molar-refractivity contribution in [1.82, 2.24) is 5.32 Å². The Balaban J connectivity index is 2.14. The maximum Gasteiger partial charge on any atom is 0.419 e. The zero-order valence-corrected chi connectivity index (χ0v) is 9.26. The highest BCUT2D eigenvalue weighted by Gasteiger charge is 2.34. The van der Waals surface area contributed by atoms with E-state index in [0.717, 1.165) is 31.9 Å². The molecule has 0 amide bonds. The van der Waals surface area contributed by atoms with E-state index >= 15 is 0 Å². The van der Waals surface area contributed by atoms with Crippen molar-refractivity contribution in [2.45, 2.75) is 31.7 Å². The molecular weight excluding hydrogens is 231 g/mol. The van der Waals surface area contributed by atoms with Crippen molar-refractivity contribution in [2.75, 3.05) is 6.54 Å². The Morgan fingerprint density at radius 1 is 1.18 bits per heavy atom. The molecule has 17 heavy (non-hydrogen) atoms. The van der Waals surface area contributed by atoms with E-state index in [9.17, 15) is 13.2 Å². The van der Waals surface area contributed by atoms with E-state index in [1.54, 1.807) is 6.07 Å². The summed E-state index contributed by atoms with van der Waals surface area (Å²) in [7, 11) is 0. The zero-order valence-electron chi connectivity index (χ0n) is 9.26. The van der Waals surface area contributed by atoms with Crippen molar-refractivity contribution in [2.24, 2.45) is 0 Å². The molecule has 94 valence electrons. The van der Waals surface area contributed by atoms with Gasteiger partial charge in [-0.3, -0.25) is 5.32 Å². The van der Waals surface area contributed by atoms with E-state index < -0.39 is 11.7 Å². The van der Waals surface area contributed by atoms with Crippen LogP contribution in [0.2, 0.25) is 0 Å². The standard InChI is InChI=1S/C12H14F3NO/c13-12(14,15)9-5-1-2-6-10(9)17-11-7-3-4-8-16-11/h1-2,5-6,11,16H,3-4,7-8H2. The van der Waals surface area contributed by atoms with Gasteiger partial charge in [0, 0.05) is 0 Å².